The fraction of sp³-hybridized carbons (Fsp3) is 0.250. The van der Waals surface area contributed by atoms with E-state index >= 15 is 0 Å². The quantitative estimate of drug-likeness (QED) is 0.893. The summed E-state index contributed by atoms with van der Waals surface area (Å²) in [5.41, 5.74) is 0.648. The minimum atomic E-state index is -0.448. The summed E-state index contributed by atoms with van der Waals surface area (Å²) in [5.74, 6) is 0.290. The number of halogens is 1. The van der Waals surface area contributed by atoms with Gasteiger partial charge >= 0.3 is 0 Å². The van der Waals surface area contributed by atoms with Crippen LogP contribution >= 0.6 is 0 Å². The first kappa shape index (κ1) is 12.0. The minimum Gasteiger partial charge on any atom is -0.375 e. The first-order chi connectivity index (χ1) is 8.74. The molecule has 0 bridgehead atoms. The van der Waals surface area contributed by atoms with Crippen LogP contribution in [0.15, 0.2) is 24.5 Å². The number of rotatable bonds is 4. The summed E-state index contributed by atoms with van der Waals surface area (Å²) in [6, 6.07) is 6.20. The lowest BCUT2D eigenvalue weighted by Gasteiger charge is -2.08. The van der Waals surface area contributed by atoms with E-state index in [1.807, 2.05) is 17.6 Å². The normalized spacial score (nSPS) is 10.1. The van der Waals surface area contributed by atoms with Crippen molar-refractivity contribution in [3.8, 4) is 6.07 Å². The molecular formula is C12H12FN5. The topological polar surface area (TPSA) is 66.5 Å². The van der Waals surface area contributed by atoms with Gasteiger partial charge in [-0.25, -0.2) is 4.39 Å². The van der Waals surface area contributed by atoms with Crippen molar-refractivity contribution in [1.29, 1.82) is 5.26 Å². The second-order valence-corrected chi connectivity index (χ2v) is 3.69. The van der Waals surface area contributed by atoms with Crippen molar-refractivity contribution in [2.45, 2.75) is 20.0 Å². The van der Waals surface area contributed by atoms with Crippen LogP contribution in [0.3, 0.4) is 0 Å². The van der Waals surface area contributed by atoms with Gasteiger partial charge in [0, 0.05) is 6.54 Å². The molecule has 0 aliphatic heterocycles. The lowest BCUT2D eigenvalue weighted by molar-refractivity contribution is 0.628. The highest BCUT2D eigenvalue weighted by Crippen LogP contribution is 2.16. The summed E-state index contributed by atoms with van der Waals surface area (Å²) in [4.78, 5) is 0. The van der Waals surface area contributed by atoms with E-state index < -0.39 is 5.82 Å². The van der Waals surface area contributed by atoms with Crippen LogP contribution in [0.5, 0.6) is 0 Å². The van der Waals surface area contributed by atoms with Gasteiger partial charge in [-0.1, -0.05) is 0 Å². The number of hydrogen-bond donors (Lipinski definition) is 1. The van der Waals surface area contributed by atoms with Crippen molar-refractivity contribution < 1.29 is 4.39 Å². The number of benzene rings is 1. The Hall–Kier alpha value is -2.42. The molecule has 92 valence electrons. The third-order valence-corrected chi connectivity index (χ3v) is 2.57. The summed E-state index contributed by atoms with van der Waals surface area (Å²) in [7, 11) is 0. The molecule has 0 amide bonds. The van der Waals surface area contributed by atoms with Gasteiger partial charge in [0.2, 0.25) is 0 Å². The predicted molar refractivity (Wildman–Crippen MR) is 64.1 cm³/mol. The molecule has 0 spiro atoms. The molecule has 1 aromatic heterocycles. The highest BCUT2D eigenvalue weighted by Gasteiger charge is 2.06. The summed E-state index contributed by atoms with van der Waals surface area (Å²) in [5, 5.41) is 19.3. The lowest BCUT2D eigenvalue weighted by atomic mass is 10.2. The number of aromatic nitrogens is 3. The van der Waals surface area contributed by atoms with Gasteiger partial charge in [-0.2, -0.15) is 5.26 Å². The van der Waals surface area contributed by atoms with Gasteiger partial charge in [0.15, 0.2) is 5.82 Å². The lowest BCUT2D eigenvalue weighted by Crippen LogP contribution is -2.08. The molecule has 0 radical (unpaired) electrons. The van der Waals surface area contributed by atoms with Crippen LogP contribution in [0.25, 0.3) is 0 Å². The SMILES string of the molecule is CCn1cnnc1CNc1ccc(C#N)cc1F. The number of nitrogens with zero attached hydrogens (tertiary/aromatic N) is 4. The molecule has 18 heavy (non-hydrogen) atoms. The number of aryl methyl sites for hydroxylation is 1. The molecule has 0 fully saturated rings. The highest BCUT2D eigenvalue weighted by atomic mass is 19.1. The van der Waals surface area contributed by atoms with E-state index in [9.17, 15) is 4.39 Å². The van der Waals surface area contributed by atoms with Gasteiger partial charge in [0.25, 0.3) is 0 Å². The van der Waals surface area contributed by atoms with Gasteiger partial charge in [0.05, 0.1) is 23.9 Å². The Morgan fingerprint density at radius 2 is 2.33 bits per heavy atom. The zero-order valence-electron chi connectivity index (χ0n) is 9.89. The monoisotopic (exact) mass is 245 g/mol. The van der Waals surface area contributed by atoms with Gasteiger partial charge in [-0.05, 0) is 25.1 Å². The van der Waals surface area contributed by atoms with Crippen molar-refractivity contribution in [1.82, 2.24) is 14.8 Å². The van der Waals surface area contributed by atoms with Crippen LogP contribution in [0.2, 0.25) is 0 Å². The van der Waals surface area contributed by atoms with Crippen molar-refractivity contribution in [2.75, 3.05) is 5.32 Å². The fourth-order valence-electron chi connectivity index (χ4n) is 1.58. The van der Waals surface area contributed by atoms with Crippen molar-refractivity contribution in [2.24, 2.45) is 0 Å². The Bertz CT molecular complexity index is 584. The minimum absolute atomic E-state index is 0.301. The van der Waals surface area contributed by atoms with E-state index in [4.69, 9.17) is 5.26 Å². The summed E-state index contributed by atoms with van der Waals surface area (Å²) in [6.45, 7) is 3.13. The maximum atomic E-state index is 13.6. The van der Waals surface area contributed by atoms with Crippen LogP contribution in [-0.4, -0.2) is 14.8 Å². The third kappa shape index (κ3) is 2.46. The van der Waals surface area contributed by atoms with E-state index in [1.165, 1.54) is 6.07 Å². The molecule has 0 aliphatic carbocycles. The predicted octanol–water partition coefficient (Wildman–Crippen LogP) is 1.92. The van der Waals surface area contributed by atoms with Crippen LogP contribution in [0.4, 0.5) is 10.1 Å². The molecule has 0 aliphatic rings. The Labute approximate surface area is 104 Å². The smallest absolute Gasteiger partial charge is 0.152 e. The molecule has 2 rings (SSSR count). The molecule has 6 heteroatoms. The molecular weight excluding hydrogens is 233 g/mol. The molecule has 5 nitrogen and oxygen atoms in total. The Morgan fingerprint density at radius 3 is 3.00 bits per heavy atom. The van der Waals surface area contributed by atoms with Gasteiger partial charge < -0.3 is 9.88 Å². The van der Waals surface area contributed by atoms with Crippen LogP contribution in [0.1, 0.15) is 18.3 Å². The van der Waals surface area contributed by atoms with E-state index in [0.29, 0.717) is 17.8 Å². The Morgan fingerprint density at radius 1 is 1.50 bits per heavy atom. The average molecular weight is 245 g/mol. The molecule has 2 aromatic rings. The van der Waals surface area contributed by atoms with Gasteiger partial charge in [0.1, 0.15) is 12.1 Å². The molecule has 1 heterocycles. The molecule has 0 unspecified atom stereocenters. The largest absolute Gasteiger partial charge is 0.375 e. The molecule has 1 aromatic carbocycles. The number of nitrogens with one attached hydrogen (secondary N) is 1. The van der Waals surface area contributed by atoms with E-state index in [2.05, 4.69) is 15.5 Å². The highest BCUT2D eigenvalue weighted by molar-refractivity contribution is 5.48. The number of hydrogen-bond acceptors (Lipinski definition) is 4. The maximum Gasteiger partial charge on any atom is 0.152 e. The standard InChI is InChI=1S/C12H12FN5/c1-2-18-8-16-17-12(18)7-15-11-4-3-9(6-14)5-10(11)13/h3-5,8,15H,2,7H2,1H3. The second-order valence-electron chi connectivity index (χ2n) is 3.69. The second kappa shape index (κ2) is 5.27. The molecule has 1 N–H and O–H groups in total. The first-order valence-corrected chi connectivity index (χ1v) is 5.54. The summed E-state index contributed by atoms with van der Waals surface area (Å²) < 4.78 is 15.5. The zero-order valence-corrected chi connectivity index (χ0v) is 9.89. The van der Waals surface area contributed by atoms with E-state index in [0.717, 1.165) is 12.4 Å². The summed E-state index contributed by atoms with van der Waals surface area (Å²) >= 11 is 0. The third-order valence-electron chi connectivity index (χ3n) is 2.57. The van der Waals surface area contributed by atoms with Crippen LogP contribution in [0, 0.1) is 17.1 Å². The Balaban J connectivity index is 2.09. The number of anilines is 1. The van der Waals surface area contributed by atoms with Crippen LogP contribution < -0.4 is 5.32 Å². The number of nitriles is 1. The first-order valence-electron chi connectivity index (χ1n) is 5.54. The van der Waals surface area contributed by atoms with E-state index in [-0.39, 0.29) is 0 Å². The molecule has 0 saturated heterocycles. The van der Waals surface area contributed by atoms with Crippen molar-refractivity contribution >= 4 is 5.69 Å². The van der Waals surface area contributed by atoms with Gasteiger partial charge in [-0.3, -0.25) is 0 Å². The van der Waals surface area contributed by atoms with Crippen LogP contribution in [-0.2, 0) is 13.1 Å². The molecule has 0 saturated carbocycles. The summed E-state index contributed by atoms with van der Waals surface area (Å²) in [6.07, 6.45) is 1.63. The average Bonchev–Trinajstić information content (AvgIpc) is 2.84. The van der Waals surface area contributed by atoms with E-state index in [1.54, 1.807) is 18.5 Å². The Kier molecular flexibility index (Phi) is 3.53. The zero-order chi connectivity index (χ0) is 13.0. The maximum absolute atomic E-state index is 13.6. The van der Waals surface area contributed by atoms with Crippen molar-refractivity contribution in [3.63, 3.8) is 0 Å². The molecule has 0 atom stereocenters. The van der Waals surface area contributed by atoms with Gasteiger partial charge in [-0.15, -0.1) is 10.2 Å². The fourth-order valence-corrected chi connectivity index (χ4v) is 1.58. The van der Waals surface area contributed by atoms with Crippen molar-refractivity contribution in [3.05, 3.63) is 41.7 Å².